The van der Waals surface area contributed by atoms with Crippen LogP contribution in [0.5, 0.6) is 0 Å². The van der Waals surface area contributed by atoms with Gasteiger partial charge in [-0.3, -0.25) is 9.48 Å². The molecule has 16 heavy (non-hydrogen) atoms. The number of benzene rings is 1. The zero-order valence-corrected chi connectivity index (χ0v) is 8.77. The summed E-state index contributed by atoms with van der Waals surface area (Å²) < 4.78 is 1.71. The van der Waals surface area contributed by atoms with Gasteiger partial charge in [-0.05, 0) is 24.6 Å². The van der Waals surface area contributed by atoms with Gasteiger partial charge in [0, 0.05) is 5.39 Å². The van der Waals surface area contributed by atoms with Gasteiger partial charge in [0.2, 0.25) is 5.91 Å². The number of carbonyl (C=O) groups excluding carboxylic acids is 1. The predicted molar refractivity (Wildman–Crippen MR) is 59.0 cm³/mol. The molecule has 0 spiro atoms. The number of hydrogen-bond acceptors (Lipinski definition) is 3. The van der Waals surface area contributed by atoms with E-state index < -0.39 is 0 Å². The van der Waals surface area contributed by atoms with Crippen LogP contribution in [0.4, 0.5) is 5.69 Å². The normalized spacial score (nSPS) is 18.9. The first-order valence-corrected chi connectivity index (χ1v) is 5.12. The van der Waals surface area contributed by atoms with Crippen LogP contribution in [0.1, 0.15) is 18.5 Å². The van der Waals surface area contributed by atoms with Gasteiger partial charge in [0.1, 0.15) is 6.04 Å². The van der Waals surface area contributed by atoms with E-state index in [0.29, 0.717) is 0 Å². The van der Waals surface area contributed by atoms with Gasteiger partial charge in [-0.2, -0.15) is 5.10 Å². The summed E-state index contributed by atoms with van der Waals surface area (Å²) in [5.41, 5.74) is 2.42. The first-order chi connectivity index (χ1) is 7.70. The van der Waals surface area contributed by atoms with E-state index in [9.17, 15) is 4.79 Å². The number of rotatable bonds is 1. The lowest BCUT2D eigenvalue weighted by Gasteiger charge is -2.21. The first kappa shape index (κ1) is 9.35. The molecule has 1 atom stereocenters. The molecule has 0 saturated heterocycles. The van der Waals surface area contributed by atoms with E-state index in [-0.39, 0.29) is 18.6 Å². The molecule has 2 aromatic rings. The number of anilines is 1. The van der Waals surface area contributed by atoms with Gasteiger partial charge in [0.05, 0.1) is 24.0 Å². The van der Waals surface area contributed by atoms with Crippen molar-refractivity contribution >= 4 is 22.5 Å². The number of aromatic nitrogens is 2. The fraction of sp³-hybridized carbons (Fsp3) is 0.273. The summed E-state index contributed by atoms with van der Waals surface area (Å²) in [6.07, 6.45) is 1.72. The van der Waals surface area contributed by atoms with Crippen molar-refractivity contribution in [3.8, 4) is 0 Å². The third-order valence-electron chi connectivity index (χ3n) is 2.94. The zero-order chi connectivity index (χ0) is 11.3. The predicted octanol–water partition coefficient (Wildman–Crippen LogP) is 1.04. The third-order valence-corrected chi connectivity index (χ3v) is 2.94. The van der Waals surface area contributed by atoms with Gasteiger partial charge in [0.15, 0.2) is 0 Å². The highest BCUT2D eigenvalue weighted by Gasteiger charge is 2.25. The van der Waals surface area contributed by atoms with Crippen molar-refractivity contribution in [1.29, 1.82) is 0 Å². The third kappa shape index (κ3) is 1.09. The molecule has 2 heterocycles. The van der Waals surface area contributed by atoms with Gasteiger partial charge >= 0.3 is 0 Å². The number of nitrogens with zero attached hydrogens (tertiary/aromatic N) is 2. The van der Waals surface area contributed by atoms with Crippen LogP contribution in [-0.2, 0) is 11.4 Å². The number of aliphatic hydroxyl groups is 1. The van der Waals surface area contributed by atoms with Crippen LogP contribution < -0.4 is 5.32 Å². The van der Waals surface area contributed by atoms with E-state index in [1.807, 2.05) is 13.0 Å². The average molecular weight is 217 g/mol. The second-order valence-corrected chi connectivity index (χ2v) is 3.99. The molecule has 5 heteroatoms. The SMILES string of the molecule is C[C@@H]1C(=O)Nc2cc(CO)cc3cnn1c23. The number of hydrogen-bond donors (Lipinski definition) is 2. The van der Waals surface area contributed by atoms with Crippen LogP contribution in [0, 0.1) is 0 Å². The molecule has 82 valence electrons. The molecular formula is C11H11N3O2. The van der Waals surface area contributed by atoms with E-state index >= 15 is 0 Å². The smallest absolute Gasteiger partial charge is 0.249 e. The van der Waals surface area contributed by atoms with Crippen molar-refractivity contribution in [1.82, 2.24) is 9.78 Å². The van der Waals surface area contributed by atoms with Crippen LogP contribution in [-0.4, -0.2) is 20.8 Å². The highest BCUT2D eigenvalue weighted by atomic mass is 16.3. The maximum atomic E-state index is 11.7. The summed E-state index contributed by atoms with van der Waals surface area (Å²) in [5, 5.41) is 17.1. The maximum Gasteiger partial charge on any atom is 0.249 e. The second-order valence-electron chi connectivity index (χ2n) is 3.99. The maximum absolute atomic E-state index is 11.7. The first-order valence-electron chi connectivity index (χ1n) is 5.12. The van der Waals surface area contributed by atoms with Crippen molar-refractivity contribution in [3.63, 3.8) is 0 Å². The molecule has 1 aromatic heterocycles. The van der Waals surface area contributed by atoms with Crippen LogP contribution in [0.15, 0.2) is 18.3 Å². The largest absolute Gasteiger partial charge is 0.392 e. The summed E-state index contributed by atoms with van der Waals surface area (Å²) >= 11 is 0. The topological polar surface area (TPSA) is 67.2 Å². The minimum Gasteiger partial charge on any atom is -0.392 e. The van der Waals surface area contributed by atoms with Crippen molar-refractivity contribution in [2.75, 3.05) is 5.32 Å². The molecule has 1 aliphatic heterocycles. The lowest BCUT2D eigenvalue weighted by molar-refractivity contribution is -0.119. The van der Waals surface area contributed by atoms with Crippen molar-refractivity contribution in [2.24, 2.45) is 0 Å². The quantitative estimate of drug-likeness (QED) is 0.750. The lowest BCUT2D eigenvalue weighted by Crippen LogP contribution is -2.28. The number of carbonyl (C=O) groups is 1. The summed E-state index contributed by atoms with van der Waals surface area (Å²) in [6, 6.07) is 3.38. The molecule has 0 saturated carbocycles. The molecule has 1 aromatic carbocycles. The molecule has 0 radical (unpaired) electrons. The second kappa shape index (κ2) is 3.05. The Hall–Kier alpha value is -1.88. The Morgan fingerprint density at radius 2 is 2.38 bits per heavy atom. The van der Waals surface area contributed by atoms with Gasteiger partial charge in [-0.15, -0.1) is 0 Å². The fourth-order valence-electron chi connectivity index (χ4n) is 2.08. The number of nitrogens with one attached hydrogen (secondary N) is 1. The Kier molecular flexibility index (Phi) is 1.79. The minimum atomic E-state index is -0.287. The standard InChI is InChI=1S/C11H11N3O2/c1-6-11(16)13-9-3-7(5-15)2-8-4-12-14(6)10(8)9/h2-4,6,15H,5H2,1H3,(H,13,16)/t6-/m1/s1. The van der Waals surface area contributed by atoms with Crippen molar-refractivity contribution in [3.05, 3.63) is 23.9 Å². The molecule has 0 aliphatic carbocycles. The summed E-state index contributed by atoms with van der Waals surface area (Å²) in [7, 11) is 0. The van der Waals surface area contributed by atoms with E-state index in [4.69, 9.17) is 5.11 Å². The number of aliphatic hydroxyl groups excluding tert-OH is 1. The van der Waals surface area contributed by atoms with E-state index in [1.165, 1.54) is 0 Å². The fourth-order valence-corrected chi connectivity index (χ4v) is 2.08. The average Bonchev–Trinajstić information content (AvgIpc) is 2.70. The molecule has 2 N–H and O–H groups in total. The van der Waals surface area contributed by atoms with Crippen molar-refractivity contribution < 1.29 is 9.90 Å². The van der Waals surface area contributed by atoms with Crippen LogP contribution >= 0.6 is 0 Å². The molecule has 1 amide bonds. The molecule has 0 bridgehead atoms. The minimum absolute atomic E-state index is 0.0421. The van der Waals surface area contributed by atoms with Gasteiger partial charge < -0.3 is 10.4 Å². The molecule has 1 aliphatic rings. The molecule has 0 fully saturated rings. The van der Waals surface area contributed by atoms with Crippen molar-refractivity contribution in [2.45, 2.75) is 19.6 Å². The summed E-state index contributed by atoms with van der Waals surface area (Å²) in [4.78, 5) is 11.7. The molecular weight excluding hydrogens is 206 g/mol. The number of amides is 1. The Balaban J connectivity index is 2.35. The Bertz CT molecular complexity index is 588. The molecule has 0 unspecified atom stereocenters. The summed E-state index contributed by atoms with van der Waals surface area (Å²) in [6.45, 7) is 1.77. The van der Waals surface area contributed by atoms with Crippen LogP contribution in [0.3, 0.4) is 0 Å². The molecule has 3 rings (SSSR count). The molecule has 5 nitrogen and oxygen atoms in total. The van der Waals surface area contributed by atoms with Crippen LogP contribution in [0.25, 0.3) is 10.9 Å². The Labute approximate surface area is 91.7 Å². The zero-order valence-electron chi connectivity index (χ0n) is 8.77. The van der Waals surface area contributed by atoms with Crippen LogP contribution in [0.2, 0.25) is 0 Å². The summed E-state index contributed by atoms with van der Waals surface area (Å²) in [5.74, 6) is -0.0763. The van der Waals surface area contributed by atoms with Gasteiger partial charge in [-0.1, -0.05) is 0 Å². The highest BCUT2D eigenvalue weighted by molar-refractivity contribution is 6.05. The van der Waals surface area contributed by atoms with E-state index in [0.717, 1.165) is 22.2 Å². The van der Waals surface area contributed by atoms with Gasteiger partial charge in [-0.25, -0.2) is 0 Å². The van der Waals surface area contributed by atoms with E-state index in [2.05, 4.69) is 10.4 Å². The lowest BCUT2D eigenvalue weighted by atomic mass is 10.1. The van der Waals surface area contributed by atoms with Gasteiger partial charge in [0.25, 0.3) is 0 Å². The monoisotopic (exact) mass is 217 g/mol. The van der Waals surface area contributed by atoms with E-state index in [1.54, 1.807) is 16.9 Å². The highest BCUT2D eigenvalue weighted by Crippen LogP contribution is 2.31. The Morgan fingerprint density at radius 3 is 3.12 bits per heavy atom. The Morgan fingerprint density at radius 1 is 1.56 bits per heavy atom.